The van der Waals surface area contributed by atoms with Gasteiger partial charge in [-0.25, -0.2) is 0 Å². The standard InChI is InChI=1S/2C3H8O3.C3H8O2/c2*4-1-3(6)2-5;1-3(5)2-4/h2*3-6H,1-2H2;3-5H,2H2,1H3. The second kappa shape index (κ2) is 18.1. The Kier molecular flexibility index (Phi) is 23.3. The highest BCUT2D eigenvalue weighted by Crippen LogP contribution is 1.72. The molecule has 0 aliphatic rings. The fourth-order valence-electron chi connectivity index (χ4n) is 0.115. The molecule has 0 radical (unpaired) electrons. The molecule has 0 amide bonds. The summed E-state index contributed by atoms with van der Waals surface area (Å²) in [6, 6.07) is 0. The van der Waals surface area contributed by atoms with Crippen molar-refractivity contribution in [1.82, 2.24) is 0 Å². The van der Waals surface area contributed by atoms with E-state index in [4.69, 9.17) is 40.9 Å². The molecule has 0 bridgehead atoms. The van der Waals surface area contributed by atoms with Crippen LogP contribution >= 0.6 is 0 Å². The van der Waals surface area contributed by atoms with Gasteiger partial charge in [-0.1, -0.05) is 0 Å². The lowest BCUT2D eigenvalue weighted by Crippen LogP contribution is -2.15. The van der Waals surface area contributed by atoms with Crippen molar-refractivity contribution in [3.8, 4) is 0 Å². The second-order valence-electron chi connectivity index (χ2n) is 3.07. The third-order valence-corrected chi connectivity index (χ3v) is 1.11. The summed E-state index contributed by atoms with van der Waals surface area (Å²) >= 11 is 0. The molecule has 8 N–H and O–H groups in total. The molecule has 8 heteroatoms. The van der Waals surface area contributed by atoms with E-state index in [1.165, 1.54) is 6.92 Å². The minimum absolute atomic E-state index is 0.139. The van der Waals surface area contributed by atoms with E-state index in [-0.39, 0.29) is 33.0 Å². The predicted molar refractivity (Wildman–Crippen MR) is 59.1 cm³/mol. The van der Waals surface area contributed by atoms with Gasteiger partial charge in [0.15, 0.2) is 0 Å². The van der Waals surface area contributed by atoms with Crippen LogP contribution in [0.4, 0.5) is 0 Å². The lowest BCUT2D eigenvalue weighted by atomic mass is 10.4. The van der Waals surface area contributed by atoms with Crippen molar-refractivity contribution >= 4 is 0 Å². The van der Waals surface area contributed by atoms with Crippen LogP contribution in [0.3, 0.4) is 0 Å². The largest absolute Gasteiger partial charge is 0.394 e. The number of aliphatic hydroxyl groups is 8. The van der Waals surface area contributed by atoms with Crippen molar-refractivity contribution < 1.29 is 40.9 Å². The van der Waals surface area contributed by atoms with Crippen molar-refractivity contribution in [1.29, 1.82) is 0 Å². The van der Waals surface area contributed by atoms with Gasteiger partial charge in [-0.15, -0.1) is 0 Å². The minimum atomic E-state index is -0.954. The molecule has 0 aromatic rings. The molecule has 1 unspecified atom stereocenters. The Balaban J connectivity index is -0.000000174. The van der Waals surface area contributed by atoms with Crippen molar-refractivity contribution in [2.75, 3.05) is 33.0 Å². The van der Waals surface area contributed by atoms with Crippen LogP contribution in [-0.4, -0.2) is 92.2 Å². The van der Waals surface area contributed by atoms with Crippen LogP contribution in [0.25, 0.3) is 0 Å². The molecule has 1 atom stereocenters. The summed E-state index contributed by atoms with van der Waals surface area (Å²) in [7, 11) is 0. The first kappa shape index (κ1) is 21.9. The summed E-state index contributed by atoms with van der Waals surface area (Å²) in [6.07, 6.45) is -2.47. The highest BCUT2D eigenvalue weighted by Gasteiger charge is 1.94. The summed E-state index contributed by atoms with van der Waals surface area (Å²) in [6.45, 7) is -0.0694. The van der Waals surface area contributed by atoms with Gasteiger partial charge >= 0.3 is 0 Å². The molecule has 0 aliphatic carbocycles. The fraction of sp³-hybridized carbons (Fsp3) is 1.00. The summed E-state index contributed by atoms with van der Waals surface area (Å²) in [5, 5.41) is 64.0. The van der Waals surface area contributed by atoms with E-state index in [9.17, 15) is 0 Å². The Morgan fingerprint density at radius 2 is 0.765 bits per heavy atom. The third kappa shape index (κ3) is 31.3. The van der Waals surface area contributed by atoms with Gasteiger partial charge in [-0.05, 0) is 6.92 Å². The van der Waals surface area contributed by atoms with Crippen LogP contribution in [0, 0.1) is 0 Å². The zero-order chi connectivity index (χ0) is 14.3. The molecule has 0 spiro atoms. The van der Waals surface area contributed by atoms with Crippen LogP contribution in [-0.2, 0) is 0 Å². The van der Waals surface area contributed by atoms with E-state index in [1.807, 2.05) is 0 Å². The Morgan fingerprint density at radius 1 is 0.588 bits per heavy atom. The van der Waals surface area contributed by atoms with Crippen LogP contribution in [0.1, 0.15) is 6.92 Å². The quantitative estimate of drug-likeness (QED) is 0.248. The fourth-order valence-corrected chi connectivity index (χ4v) is 0.115. The van der Waals surface area contributed by atoms with Gasteiger partial charge in [0.05, 0.1) is 39.1 Å². The summed E-state index contributed by atoms with van der Waals surface area (Å²) in [5.41, 5.74) is 0. The van der Waals surface area contributed by atoms with Gasteiger partial charge in [-0.3, -0.25) is 0 Å². The molecular formula is C9H24O8. The average Bonchev–Trinajstić information content (AvgIpc) is 2.37. The van der Waals surface area contributed by atoms with Gasteiger partial charge in [0.2, 0.25) is 0 Å². The van der Waals surface area contributed by atoms with Crippen LogP contribution in [0.15, 0.2) is 0 Å². The first-order valence-electron chi connectivity index (χ1n) is 4.97. The molecule has 17 heavy (non-hydrogen) atoms. The molecule has 0 saturated heterocycles. The van der Waals surface area contributed by atoms with E-state index in [2.05, 4.69) is 0 Å². The molecule has 0 saturated carbocycles. The maximum Gasteiger partial charge on any atom is 0.100 e. The zero-order valence-corrected chi connectivity index (χ0v) is 9.85. The Bertz CT molecular complexity index is 104. The smallest absolute Gasteiger partial charge is 0.100 e. The molecule has 0 rings (SSSR count). The molecule has 0 aromatic carbocycles. The maximum atomic E-state index is 8.17. The Hall–Kier alpha value is -0.320. The number of rotatable bonds is 5. The van der Waals surface area contributed by atoms with E-state index in [1.54, 1.807) is 0 Å². The minimum Gasteiger partial charge on any atom is -0.394 e. The average molecular weight is 260 g/mol. The van der Waals surface area contributed by atoms with Crippen LogP contribution in [0.5, 0.6) is 0 Å². The Labute approximate surface area is 100 Å². The van der Waals surface area contributed by atoms with E-state index in [0.29, 0.717) is 0 Å². The lowest BCUT2D eigenvalue weighted by molar-refractivity contribution is 0.0450. The first-order valence-corrected chi connectivity index (χ1v) is 4.97. The lowest BCUT2D eigenvalue weighted by Gasteiger charge is -1.96. The second-order valence-corrected chi connectivity index (χ2v) is 3.07. The van der Waals surface area contributed by atoms with Crippen molar-refractivity contribution in [2.24, 2.45) is 0 Å². The number of aliphatic hydroxyl groups excluding tert-OH is 8. The third-order valence-electron chi connectivity index (χ3n) is 1.11. The summed E-state index contributed by atoms with van der Waals surface area (Å²) in [5.74, 6) is 0. The van der Waals surface area contributed by atoms with Crippen LogP contribution < -0.4 is 0 Å². The SMILES string of the molecule is CC(O)CO.OCC(O)CO.OCC(O)CO. The van der Waals surface area contributed by atoms with Crippen molar-refractivity contribution in [3.63, 3.8) is 0 Å². The van der Waals surface area contributed by atoms with Crippen molar-refractivity contribution in [2.45, 2.75) is 25.2 Å². The van der Waals surface area contributed by atoms with Crippen LogP contribution in [0.2, 0.25) is 0 Å². The van der Waals surface area contributed by atoms with Gasteiger partial charge < -0.3 is 40.9 Å². The van der Waals surface area contributed by atoms with Gasteiger partial charge in [-0.2, -0.15) is 0 Å². The van der Waals surface area contributed by atoms with E-state index < -0.39 is 18.3 Å². The number of hydrogen-bond donors (Lipinski definition) is 8. The molecule has 0 fully saturated rings. The molecule has 8 nitrogen and oxygen atoms in total. The summed E-state index contributed by atoms with van der Waals surface area (Å²) in [4.78, 5) is 0. The monoisotopic (exact) mass is 260 g/mol. The molecular weight excluding hydrogens is 236 g/mol. The predicted octanol–water partition coefficient (Wildman–Crippen LogP) is -3.98. The van der Waals surface area contributed by atoms with E-state index in [0.717, 1.165) is 0 Å². The first-order chi connectivity index (χ1) is 7.89. The summed E-state index contributed by atoms with van der Waals surface area (Å²) < 4.78 is 0. The van der Waals surface area contributed by atoms with E-state index >= 15 is 0 Å². The topological polar surface area (TPSA) is 162 Å². The molecule has 108 valence electrons. The normalized spacial score (nSPS) is 11.5. The molecule has 0 aromatic heterocycles. The zero-order valence-electron chi connectivity index (χ0n) is 9.85. The highest BCUT2D eigenvalue weighted by atomic mass is 16.4. The van der Waals surface area contributed by atoms with Crippen molar-refractivity contribution in [3.05, 3.63) is 0 Å². The molecule has 0 heterocycles. The maximum absolute atomic E-state index is 8.17. The Morgan fingerprint density at radius 3 is 0.765 bits per heavy atom. The van der Waals surface area contributed by atoms with Gasteiger partial charge in [0, 0.05) is 0 Å². The van der Waals surface area contributed by atoms with Gasteiger partial charge in [0.1, 0.15) is 12.2 Å². The molecule has 0 aliphatic heterocycles. The van der Waals surface area contributed by atoms with Gasteiger partial charge in [0.25, 0.3) is 0 Å². The number of hydrogen-bond acceptors (Lipinski definition) is 8. The highest BCUT2D eigenvalue weighted by molar-refractivity contribution is 4.44.